The smallest absolute Gasteiger partial charge is 0.0518 e. The van der Waals surface area contributed by atoms with Crippen LogP contribution in [0.15, 0.2) is 32.3 Å². The number of hydrogen-bond acceptors (Lipinski definition) is 1. The molecule has 5 heteroatoms. The van der Waals surface area contributed by atoms with Gasteiger partial charge in [0.05, 0.1) is 5.69 Å². The first-order valence-corrected chi connectivity index (χ1v) is 4.33. The number of azide groups is 1. The van der Waals surface area contributed by atoms with Crippen LogP contribution in [0.2, 0.25) is 0 Å². The van der Waals surface area contributed by atoms with Crippen LogP contribution >= 0.6 is 31.9 Å². The lowest BCUT2D eigenvalue weighted by atomic mass is 10.3. The topological polar surface area (TPSA) is 48.8 Å². The van der Waals surface area contributed by atoms with Gasteiger partial charge in [0.25, 0.3) is 0 Å². The van der Waals surface area contributed by atoms with Crippen LogP contribution in [0.3, 0.4) is 0 Å². The van der Waals surface area contributed by atoms with Gasteiger partial charge in [0.15, 0.2) is 0 Å². The van der Waals surface area contributed by atoms with Crippen LogP contribution in [0.5, 0.6) is 0 Å². The van der Waals surface area contributed by atoms with Gasteiger partial charge in [-0.25, -0.2) is 0 Å². The second kappa shape index (κ2) is 3.76. The molecule has 0 fully saturated rings. The summed E-state index contributed by atoms with van der Waals surface area (Å²) in [7, 11) is 0. The Bertz CT molecular complexity index is 318. The summed E-state index contributed by atoms with van der Waals surface area (Å²) in [5, 5.41) is 3.46. The van der Waals surface area contributed by atoms with Crippen LogP contribution in [-0.2, 0) is 0 Å². The summed E-state index contributed by atoms with van der Waals surface area (Å²) in [4.78, 5) is 2.68. The molecular weight excluding hydrogens is 274 g/mol. The molecule has 3 nitrogen and oxygen atoms in total. The Morgan fingerprint density at radius 1 is 1.36 bits per heavy atom. The average Bonchev–Trinajstić information content (AvgIpc) is 1.95. The van der Waals surface area contributed by atoms with Gasteiger partial charge < -0.3 is 0 Å². The molecule has 0 heterocycles. The fourth-order valence-electron chi connectivity index (χ4n) is 0.611. The van der Waals surface area contributed by atoms with Crippen molar-refractivity contribution < 1.29 is 0 Å². The zero-order valence-electron chi connectivity index (χ0n) is 5.33. The van der Waals surface area contributed by atoms with Gasteiger partial charge in [0, 0.05) is 13.9 Å². The number of halogens is 2. The van der Waals surface area contributed by atoms with Crippen LogP contribution in [0, 0.1) is 0 Å². The minimum absolute atomic E-state index is 0.593. The fraction of sp³-hybridized carbons (Fsp3) is 0. The maximum absolute atomic E-state index is 8.14. The second-order valence-corrected chi connectivity index (χ2v) is 3.56. The Balaban J connectivity index is 3.19. The van der Waals surface area contributed by atoms with E-state index >= 15 is 0 Å². The van der Waals surface area contributed by atoms with Crippen LogP contribution in [-0.4, -0.2) is 0 Å². The molecule has 1 rings (SSSR count). The lowest BCUT2D eigenvalue weighted by Gasteiger charge is -1.95. The first-order valence-electron chi connectivity index (χ1n) is 2.74. The Morgan fingerprint density at radius 3 is 2.64 bits per heavy atom. The molecule has 0 atom stereocenters. The summed E-state index contributed by atoms with van der Waals surface area (Å²) in [6.07, 6.45) is 0. The van der Waals surface area contributed by atoms with Crippen molar-refractivity contribution in [1.29, 1.82) is 0 Å². The van der Waals surface area contributed by atoms with E-state index in [0.29, 0.717) is 5.69 Å². The summed E-state index contributed by atoms with van der Waals surface area (Å²) in [5.74, 6) is 0. The molecule has 1 aromatic rings. The third-order valence-corrected chi connectivity index (χ3v) is 2.19. The average molecular weight is 277 g/mol. The van der Waals surface area contributed by atoms with Gasteiger partial charge in [-0.2, -0.15) is 0 Å². The molecule has 0 bridgehead atoms. The SMILES string of the molecule is [N-]=[N+]=Nc1ccc(Br)cc1Br. The van der Waals surface area contributed by atoms with Gasteiger partial charge in [-0.15, -0.1) is 0 Å². The van der Waals surface area contributed by atoms with E-state index < -0.39 is 0 Å². The number of rotatable bonds is 1. The Hall–Kier alpha value is -0.510. The summed E-state index contributed by atoms with van der Waals surface area (Å²) in [6.45, 7) is 0. The van der Waals surface area contributed by atoms with Crippen LogP contribution in [0.25, 0.3) is 10.4 Å². The molecule has 0 N–H and O–H groups in total. The Kier molecular flexibility index (Phi) is 2.93. The fourth-order valence-corrected chi connectivity index (χ4v) is 1.74. The second-order valence-electron chi connectivity index (χ2n) is 1.79. The summed E-state index contributed by atoms with van der Waals surface area (Å²) < 4.78 is 1.73. The van der Waals surface area contributed by atoms with Crippen LogP contribution < -0.4 is 0 Å². The van der Waals surface area contributed by atoms with Crippen molar-refractivity contribution in [2.75, 3.05) is 0 Å². The van der Waals surface area contributed by atoms with E-state index in [-0.39, 0.29) is 0 Å². The highest BCUT2D eigenvalue weighted by Crippen LogP contribution is 2.28. The van der Waals surface area contributed by atoms with Gasteiger partial charge >= 0.3 is 0 Å². The molecule has 0 radical (unpaired) electrons. The molecule has 0 aliphatic heterocycles. The molecule has 1 aromatic carbocycles. The lowest BCUT2D eigenvalue weighted by Crippen LogP contribution is -1.67. The highest BCUT2D eigenvalue weighted by Gasteiger charge is 1.95. The zero-order chi connectivity index (χ0) is 8.27. The van der Waals surface area contributed by atoms with Gasteiger partial charge in [0.2, 0.25) is 0 Å². The molecule has 0 spiro atoms. The molecule has 0 aromatic heterocycles. The molecule has 0 unspecified atom stereocenters. The van der Waals surface area contributed by atoms with Gasteiger partial charge in [-0.1, -0.05) is 43.0 Å². The van der Waals surface area contributed by atoms with E-state index in [9.17, 15) is 0 Å². The number of nitrogens with zero attached hydrogens (tertiary/aromatic N) is 3. The highest BCUT2D eigenvalue weighted by atomic mass is 79.9. The summed E-state index contributed by atoms with van der Waals surface area (Å²) in [5.41, 5.74) is 8.73. The van der Waals surface area contributed by atoms with Crippen molar-refractivity contribution in [2.45, 2.75) is 0 Å². The van der Waals surface area contributed by atoms with E-state index in [2.05, 4.69) is 41.9 Å². The maximum Gasteiger partial charge on any atom is 0.0518 e. The minimum atomic E-state index is 0.593. The number of hydrogen-bond donors (Lipinski definition) is 0. The van der Waals surface area contributed by atoms with Crippen molar-refractivity contribution in [2.24, 2.45) is 5.11 Å². The van der Waals surface area contributed by atoms with E-state index in [1.54, 1.807) is 6.07 Å². The maximum atomic E-state index is 8.14. The Labute approximate surface area is 80.3 Å². The standard InChI is InChI=1S/C6H3Br2N3/c7-4-1-2-6(10-11-9)5(8)3-4/h1-3H. The third-order valence-electron chi connectivity index (χ3n) is 1.06. The van der Waals surface area contributed by atoms with Gasteiger partial charge in [-0.05, 0) is 17.7 Å². The van der Waals surface area contributed by atoms with E-state index in [1.165, 1.54) is 0 Å². The zero-order valence-corrected chi connectivity index (χ0v) is 8.50. The van der Waals surface area contributed by atoms with E-state index in [4.69, 9.17) is 5.53 Å². The van der Waals surface area contributed by atoms with Crippen molar-refractivity contribution in [3.63, 3.8) is 0 Å². The van der Waals surface area contributed by atoms with Gasteiger partial charge in [0.1, 0.15) is 0 Å². The lowest BCUT2D eigenvalue weighted by molar-refractivity contribution is 1.44. The molecule has 0 saturated heterocycles. The van der Waals surface area contributed by atoms with Crippen molar-refractivity contribution >= 4 is 37.5 Å². The Morgan fingerprint density at radius 2 is 2.09 bits per heavy atom. The molecule has 0 amide bonds. The minimum Gasteiger partial charge on any atom is -0.0596 e. The quantitative estimate of drug-likeness (QED) is 0.420. The first kappa shape index (κ1) is 8.59. The summed E-state index contributed by atoms with van der Waals surface area (Å²) >= 11 is 6.54. The summed E-state index contributed by atoms with van der Waals surface area (Å²) in [6, 6.07) is 5.37. The number of benzene rings is 1. The molecule has 0 saturated carbocycles. The van der Waals surface area contributed by atoms with E-state index in [1.807, 2.05) is 12.1 Å². The van der Waals surface area contributed by atoms with Crippen molar-refractivity contribution in [1.82, 2.24) is 0 Å². The third kappa shape index (κ3) is 2.22. The van der Waals surface area contributed by atoms with Crippen LogP contribution in [0.4, 0.5) is 5.69 Å². The molecule has 0 aliphatic carbocycles. The predicted octanol–water partition coefficient (Wildman–Crippen LogP) is 4.15. The van der Waals surface area contributed by atoms with E-state index in [0.717, 1.165) is 8.95 Å². The molecule has 0 aliphatic rings. The monoisotopic (exact) mass is 275 g/mol. The largest absolute Gasteiger partial charge is 0.0596 e. The normalized spacial score (nSPS) is 8.91. The molecule has 56 valence electrons. The first-order chi connectivity index (χ1) is 5.24. The molecule has 11 heavy (non-hydrogen) atoms. The predicted molar refractivity (Wildman–Crippen MR) is 50.6 cm³/mol. The highest BCUT2D eigenvalue weighted by molar-refractivity contribution is 9.11. The van der Waals surface area contributed by atoms with Crippen molar-refractivity contribution in [3.8, 4) is 0 Å². The molecular formula is C6H3Br2N3. The van der Waals surface area contributed by atoms with Crippen molar-refractivity contribution in [3.05, 3.63) is 37.6 Å². The van der Waals surface area contributed by atoms with Gasteiger partial charge in [-0.3, -0.25) is 0 Å². The van der Waals surface area contributed by atoms with Crippen LogP contribution in [0.1, 0.15) is 0 Å².